The van der Waals surface area contributed by atoms with Gasteiger partial charge in [0, 0.05) is 57.7 Å². The van der Waals surface area contributed by atoms with Crippen molar-refractivity contribution in [2.75, 3.05) is 37.6 Å². The van der Waals surface area contributed by atoms with Crippen molar-refractivity contribution < 1.29 is 9.53 Å². The fourth-order valence-corrected chi connectivity index (χ4v) is 3.65. The maximum Gasteiger partial charge on any atom is 0.317 e. The van der Waals surface area contributed by atoms with Gasteiger partial charge in [-0.3, -0.25) is 0 Å². The summed E-state index contributed by atoms with van der Waals surface area (Å²) in [5.41, 5.74) is 0. The van der Waals surface area contributed by atoms with Gasteiger partial charge in [0.1, 0.15) is 6.10 Å². The van der Waals surface area contributed by atoms with E-state index in [0.29, 0.717) is 26.2 Å². The highest BCUT2D eigenvalue weighted by Crippen LogP contribution is 2.30. The normalized spacial score (nSPS) is 19.5. The lowest BCUT2D eigenvalue weighted by atomic mass is 10.3. The van der Waals surface area contributed by atoms with Gasteiger partial charge < -0.3 is 24.4 Å². The van der Waals surface area contributed by atoms with Gasteiger partial charge in [-0.05, 0) is 25.0 Å². The number of amides is 2. The number of likely N-dealkylation sites (tertiary alicyclic amines) is 1. The summed E-state index contributed by atoms with van der Waals surface area (Å²) in [5.74, 6) is 1.75. The van der Waals surface area contributed by atoms with Crippen molar-refractivity contribution in [3.63, 3.8) is 0 Å². The lowest BCUT2D eigenvalue weighted by molar-refractivity contribution is 0.186. The zero-order chi connectivity index (χ0) is 18.5. The Labute approximate surface area is 159 Å². The molecule has 2 aliphatic rings. The number of carbonyl (C=O) groups is 1. The number of anilines is 1. The Hall–Kier alpha value is -2.77. The minimum atomic E-state index is -0.0350. The van der Waals surface area contributed by atoms with Crippen LogP contribution in [0.5, 0.6) is 5.75 Å². The average Bonchev–Trinajstić information content (AvgIpc) is 3.45. The van der Waals surface area contributed by atoms with E-state index in [4.69, 9.17) is 4.74 Å². The van der Waals surface area contributed by atoms with E-state index in [9.17, 15) is 4.79 Å². The van der Waals surface area contributed by atoms with Gasteiger partial charge in [0.05, 0.1) is 12.9 Å². The number of aromatic nitrogens is 3. The fraction of sp³-hybridized carbons (Fsp3) is 0.526. The van der Waals surface area contributed by atoms with Crippen molar-refractivity contribution in [1.82, 2.24) is 24.8 Å². The van der Waals surface area contributed by atoms with E-state index in [1.54, 1.807) is 12.5 Å². The molecule has 0 unspecified atom stereocenters. The lowest BCUT2D eigenvalue weighted by Crippen LogP contribution is -2.40. The molecule has 0 aromatic carbocycles. The molecule has 0 spiro atoms. The maximum absolute atomic E-state index is 12.4. The quantitative estimate of drug-likeness (QED) is 0.838. The molecule has 0 aliphatic carbocycles. The molecule has 8 nitrogen and oxygen atoms in total. The average molecular weight is 370 g/mol. The second-order valence-electron chi connectivity index (χ2n) is 7.03. The molecule has 1 atom stereocenters. The fourth-order valence-electron chi connectivity index (χ4n) is 3.65. The zero-order valence-corrected chi connectivity index (χ0v) is 15.5. The van der Waals surface area contributed by atoms with Crippen LogP contribution >= 0.6 is 0 Å². The number of pyridine rings is 1. The van der Waals surface area contributed by atoms with Crippen molar-refractivity contribution in [1.29, 1.82) is 0 Å². The van der Waals surface area contributed by atoms with E-state index in [1.807, 2.05) is 34.0 Å². The number of hydrogen-bond acceptors (Lipinski definition) is 5. The molecular weight excluding hydrogens is 344 g/mol. The summed E-state index contributed by atoms with van der Waals surface area (Å²) < 4.78 is 8.17. The van der Waals surface area contributed by atoms with Crippen LogP contribution in [0.25, 0.3) is 0 Å². The first-order valence-corrected chi connectivity index (χ1v) is 9.65. The van der Waals surface area contributed by atoms with Crippen LogP contribution in [0.1, 0.15) is 19.3 Å². The SMILES string of the molecule is O=C(NCCn1ccnc1)N1CC[C@H](Oc2cccnc2N2CCCC2)C1. The largest absolute Gasteiger partial charge is 0.485 e. The zero-order valence-electron chi connectivity index (χ0n) is 15.5. The van der Waals surface area contributed by atoms with Crippen LogP contribution < -0.4 is 15.0 Å². The van der Waals surface area contributed by atoms with Gasteiger partial charge in [0.25, 0.3) is 0 Å². The van der Waals surface area contributed by atoms with Crippen LogP contribution in [0.15, 0.2) is 37.1 Å². The summed E-state index contributed by atoms with van der Waals surface area (Å²) in [4.78, 5) is 25.0. The number of rotatable bonds is 6. The van der Waals surface area contributed by atoms with Crippen LogP contribution in [-0.4, -0.2) is 64.3 Å². The van der Waals surface area contributed by atoms with Crippen LogP contribution in [0, 0.1) is 0 Å². The molecule has 2 amide bonds. The third-order valence-electron chi connectivity index (χ3n) is 5.09. The summed E-state index contributed by atoms with van der Waals surface area (Å²) in [6.45, 7) is 4.67. The molecule has 0 bridgehead atoms. The van der Waals surface area contributed by atoms with Gasteiger partial charge in [0.15, 0.2) is 11.6 Å². The van der Waals surface area contributed by atoms with Crippen molar-refractivity contribution >= 4 is 11.8 Å². The van der Waals surface area contributed by atoms with E-state index >= 15 is 0 Å². The second kappa shape index (κ2) is 8.28. The van der Waals surface area contributed by atoms with Gasteiger partial charge in [-0.1, -0.05) is 0 Å². The van der Waals surface area contributed by atoms with Gasteiger partial charge >= 0.3 is 6.03 Å². The van der Waals surface area contributed by atoms with Crippen molar-refractivity contribution in [2.45, 2.75) is 31.9 Å². The minimum absolute atomic E-state index is 0.00921. The van der Waals surface area contributed by atoms with E-state index in [0.717, 1.165) is 31.1 Å². The molecular formula is C19H26N6O2. The number of nitrogens with one attached hydrogen (secondary N) is 1. The summed E-state index contributed by atoms with van der Waals surface area (Å²) in [6, 6.07) is 3.85. The molecule has 4 rings (SSSR count). The number of nitrogens with zero attached hydrogens (tertiary/aromatic N) is 5. The Morgan fingerprint density at radius 2 is 2.15 bits per heavy atom. The van der Waals surface area contributed by atoms with Crippen LogP contribution in [0.4, 0.5) is 10.6 Å². The summed E-state index contributed by atoms with van der Waals surface area (Å²) in [6.07, 6.45) is 10.4. The number of urea groups is 1. The summed E-state index contributed by atoms with van der Waals surface area (Å²) in [5, 5.41) is 2.97. The monoisotopic (exact) mass is 370 g/mol. The Balaban J connectivity index is 1.28. The number of hydrogen-bond donors (Lipinski definition) is 1. The highest BCUT2D eigenvalue weighted by atomic mass is 16.5. The molecule has 8 heteroatoms. The van der Waals surface area contributed by atoms with Crippen LogP contribution in [-0.2, 0) is 6.54 Å². The predicted octanol–water partition coefficient (Wildman–Crippen LogP) is 1.74. The highest BCUT2D eigenvalue weighted by molar-refractivity contribution is 5.74. The molecule has 4 heterocycles. The second-order valence-corrected chi connectivity index (χ2v) is 7.03. The van der Waals surface area contributed by atoms with Crippen molar-refractivity contribution in [3.05, 3.63) is 37.1 Å². The van der Waals surface area contributed by atoms with Gasteiger partial charge in [0.2, 0.25) is 0 Å². The predicted molar refractivity (Wildman–Crippen MR) is 102 cm³/mol. The molecule has 2 fully saturated rings. The molecule has 2 aliphatic heterocycles. The Morgan fingerprint density at radius 1 is 1.26 bits per heavy atom. The topological polar surface area (TPSA) is 75.5 Å². The molecule has 2 aromatic heterocycles. The van der Waals surface area contributed by atoms with Crippen molar-refractivity contribution in [2.24, 2.45) is 0 Å². The Kier molecular flexibility index (Phi) is 5.41. The summed E-state index contributed by atoms with van der Waals surface area (Å²) >= 11 is 0. The third-order valence-corrected chi connectivity index (χ3v) is 5.09. The minimum Gasteiger partial charge on any atom is -0.485 e. The van der Waals surface area contributed by atoms with E-state index < -0.39 is 0 Å². The molecule has 27 heavy (non-hydrogen) atoms. The molecule has 0 radical (unpaired) electrons. The lowest BCUT2D eigenvalue weighted by Gasteiger charge is -2.22. The van der Waals surface area contributed by atoms with Crippen LogP contribution in [0.3, 0.4) is 0 Å². The molecule has 0 saturated carbocycles. The first-order valence-electron chi connectivity index (χ1n) is 9.65. The first-order chi connectivity index (χ1) is 13.3. The Bertz CT molecular complexity index is 744. The smallest absolute Gasteiger partial charge is 0.317 e. The number of imidazole rings is 1. The Morgan fingerprint density at radius 3 is 2.96 bits per heavy atom. The van der Waals surface area contributed by atoms with E-state index in [2.05, 4.69) is 20.2 Å². The van der Waals surface area contributed by atoms with Crippen LogP contribution in [0.2, 0.25) is 0 Å². The third kappa shape index (κ3) is 4.32. The van der Waals surface area contributed by atoms with Gasteiger partial charge in [-0.25, -0.2) is 14.8 Å². The molecule has 2 aromatic rings. The highest BCUT2D eigenvalue weighted by Gasteiger charge is 2.29. The van der Waals surface area contributed by atoms with E-state index in [1.165, 1.54) is 12.8 Å². The van der Waals surface area contributed by atoms with Gasteiger partial charge in [-0.15, -0.1) is 0 Å². The summed E-state index contributed by atoms with van der Waals surface area (Å²) in [7, 11) is 0. The standard InChI is InChI=1S/C19H26N6O2/c26-19(22-8-13-23-12-7-20-15-23)25-11-5-16(14-25)27-17-4-3-6-21-18(17)24-9-1-2-10-24/h3-4,6-7,12,15-16H,1-2,5,8-11,13-14H2,(H,22,26)/t16-/m0/s1. The van der Waals surface area contributed by atoms with E-state index in [-0.39, 0.29) is 12.1 Å². The molecule has 2 saturated heterocycles. The number of ether oxygens (including phenoxy) is 1. The number of carbonyl (C=O) groups excluding carboxylic acids is 1. The van der Waals surface area contributed by atoms with Gasteiger partial charge in [-0.2, -0.15) is 0 Å². The first kappa shape index (κ1) is 17.6. The molecule has 1 N–H and O–H groups in total. The molecule has 144 valence electrons. The van der Waals surface area contributed by atoms with Crippen molar-refractivity contribution in [3.8, 4) is 5.75 Å². The maximum atomic E-state index is 12.4.